The van der Waals surface area contributed by atoms with Gasteiger partial charge in [0.15, 0.2) is 0 Å². The van der Waals surface area contributed by atoms with Gasteiger partial charge in [-0.2, -0.15) is 0 Å². The molecule has 1 aromatic heterocycles. The summed E-state index contributed by atoms with van der Waals surface area (Å²) < 4.78 is 0. The first kappa shape index (κ1) is 17.9. The van der Waals surface area contributed by atoms with Crippen LogP contribution in [0, 0.1) is 5.92 Å². The minimum absolute atomic E-state index is 0.0164. The third-order valence-corrected chi connectivity index (χ3v) is 5.34. The van der Waals surface area contributed by atoms with E-state index in [9.17, 15) is 4.79 Å². The number of halogens is 1. The van der Waals surface area contributed by atoms with Gasteiger partial charge in [-0.25, -0.2) is 0 Å². The molecule has 0 spiro atoms. The van der Waals surface area contributed by atoms with E-state index in [-0.39, 0.29) is 11.8 Å². The van der Waals surface area contributed by atoms with Crippen LogP contribution in [-0.2, 0) is 4.79 Å². The fraction of sp³-hybridized carbons (Fsp3) is 0.250. The average Bonchev–Trinajstić information content (AvgIpc) is 2.97. The molecule has 5 heteroatoms. The minimum Gasteiger partial charge on any atom is -0.355 e. The molecule has 1 heterocycles. The molecule has 3 rings (SSSR count). The van der Waals surface area contributed by atoms with Gasteiger partial charge in [-0.15, -0.1) is 11.8 Å². The Hall–Kier alpha value is -1.91. The van der Waals surface area contributed by atoms with Crippen molar-refractivity contribution < 1.29 is 4.79 Å². The van der Waals surface area contributed by atoms with E-state index in [0.717, 1.165) is 27.5 Å². The highest BCUT2D eigenvalue weighted by molar-refractivity contribution is 7.99. The maximum Gasteiger partial charge on any atom is 0.222 e. The van der Waals surface area contributed by atoms with E-state index in [1.54, 1.807) is 11.8 Å². The smallest absolute Gasteiger partial charge is 0.222 e. The number of aromatic nitrogens is 1. The van der Waals surface area contributed by atoms with E-state index in [1.165, 1.54) is 10.3 Å². The predicted molar refractivity (Wildman–Crippen MR) is 107 cm³/mol. The molecule has 0 bridgehead atoms. The number of carbonyl (C=O) groups excluding carboxylic acids is 1. The second-order valence-electron chi connectivity index (χ2n) is 6.18. The van der Waals surface area contributed by atoms with E-state index in [1.807, 2.05) is 50.2 Å². The first-order valence-corrected chi connectivity index (χ1v) is 9.70. The van der Waals surface area contributed by atoms with Crippen molar-refractivity contribution >= 4 is 40.2 Å². The standard InChI is InChI=1S/C20H21ClN2OS/c1-13(2)20(24)22-11-12-25-19-16-5-3-4-6-17(16)23-18(19)14-7-9-15(21)10-8-14/h3-10,13,23H,11-12H2,1-2H3,(H,22,24). The Morgan fingerprint density at radius 3 is 2.60 bits per heavy atom. The second kappa shape index (κ2) is 7.98. The summed E-state index contributed by atoms with van der Waals surface area (Å²) in [5, 5.41) is 4.90. The topological polar surface area (TPSA) is 44.9 Å². The van der Waals surface area contributed by atoms with Crippen LogP contribution in [0.1, 0.15) is 13.8 Å². The van der Waals surface area contributed by atoms with Gasteiger partial charge in [-0.05, 0) is 23.8 Å². The summed E-state index contributed by atoms with van der Waals surface area (Å²) in [5.74, 6) is 0.932. The van der Waals surface area contributed by atoms with E-state index < -0.39 is 0 Å². The number of nitrogens with one attached hydrogen (secondary N) is 2. The van der Waals surface area contributed by atoms with Crippen molar-refractivity contribution in [3.63, 3.8) is 0 Å². The number of aromatic amines is 1. The van der Waals surface area contributed by atoms with E-state index in [0.29, 0.717) is 6.54 Å². The number of thioether (sulfide) groups is 1. The van der Waals surface area contributed by atoms with Crippen LogP contribution < -0.4 is 5.32 Å². The summed E-state index contributed by atoms with van der Waals surface area (Å²) in [7, 11) is 0. The largest absolute Gasteiger partial charge is 0.355 e. The highest BCUT2D eigenvalue weighted by Gasteiger charge is 2.14. The lowest BCUT2D eigenvalue weighted by Crippen LogP contribution is -2.29. The van der Waals surface area contributed by atoms with Gasteiger partial charge in [0.2, 0.25) is 5.91 Å². The Morgan fingerprint density at radius 1 is 1.16 bits per heavy atom. The Morgan fingerprint density at radius 2 is 1.88 bits per heavy atom. The first-order chi connectivity index (χ1) is 12.1. The van der Waals surface area contributed by atoms with Crippen LogP contribution in [0.5, 0.6) is 0 Å². The van der Waals surface area contributed by atoms with Gasteiger partial charge in [0.1, 0.15) is 0 Å². The molecule has 0 aliphatic heterocycles. The third-order valence-electron chi connectivity index (χ3n) is 3.96. The van der Waals surface area contributed by atoms with Crippen LogP contribution in [0.15, 0.2) is 53.4 Å². The number of benzene rings is 2. The van der Waals surface area contributed by atoms with Gasteiger partial charge in [0.05, 0.1) is 5.69 Å². The third kappa shape index (κ3) is 4.20. The number of rotatable bonds is 6. The van der Waals surface area contributed by atoms with Crippen molar-refractivity contribution in [1.82, 2.24) is 10.3 Å². The molecule has 0 radical (unpaired) electrons. The normalized spacial score (nSPS) is 11.2. The lowest BCUT2D eigenvalue weighted by molar-refractivity contribution is -0.123. The summed E-state index contributed by atoms with van der Waals surface area (Å²) >= 11 is 7.78. The molecule has 0 atom stereocenters. The van der Waals surface area contributed by atoms with Crippen molar-refractivity contribution in [2.45, 2.75) is 18.7 Å². The van der Waals surface area contributed by atoms with Crippen LogP contribution in [-0.4, -0.2) is 23.2 Å². The Balaban J connectivity index is 1.84. The molecular weight excluding hydrogens is 352 g/mol. The van der Waals surface area contributed by atoms with E-state index in [2.05, 4.69) is 22.4 Å². The fourth-order valence-electron chi connectivity index (χ4n) is 2.62. The predicted octanol–water partition coefficient (Wildman–Crippen LogP) is 5.35. The van der Waals surface area contributed by atoms with Gasteiger partial charge in [0, 0.05) is 39.0 Å². The second-order valence-corrected chi connectivity index (χ2v) is 7.72. The number of carbonyl (C=O) groups is 1. The van der Waals surface area contributed by atoms with E-state index >= 15 is 0 Å². The summed E-state index contributed by atoms with van der Waals surface area (Å²) in [4.78, 5) is 16.4. The molecule has 0 saturated heterocycles. The van der Waals surface area contributed by atoms with Crippen LogP contribution in [0.4, 0.5) is 0 Å². The summed E-state index contributed by atoms with van der Waals surface area (Å²) in [6, 6.07) is 16.1. The summed E-state index contributed by atoms with van der Waals surface area (Å²) in [5.41, 5.74) is 3.31. The van der Waals surface area contributed by atoms with Gasteiger partial charge in [-0.1, -0.05) is 55.8 Å². The molecule has 3 aromatic rings. The highest BCUT2D eigenvalue weighted by atomic mass is 35.5. The molecule has 0 saturated carbocycles. The quantitative estimate of drug-likeness (QED) is 0.452. The Kier molecular flexibility index (Phi) is 5.71. The zero-order valence-corrected chi connectivity index (χ0v) is 15.9. The molecule has 130 valence electrons. The minimum atomic E-state index is 0.0164. The molecule has 25 heavy (non-hydrogen) atoms. The monoisotopic (exact) mass is 372 g/mol. The van der Waals surface area contributed by atoms with Crippen LogP contribution in [0.2, 0.25) is 5.02 Å². The number of para-hydroxylation sites is 1. The SMILES string of the molecule is CC(C)C(=O)NCCSc1c(-c2ccc(Cl)cc2)[nH]c2ccccc12. The van der Waals surface area contributed by atoms with Crippen molar-refractivity contribution in [2.24, 2.45) is 5.92 Å². The molecular formula is C20H21ClN2OS. The maximum atomic E-state index is 11.7. The van der Waals surface area contributed by atoms with Crippen LogP contribution in [0.3, 0.4) is 0 Å². The summed E-state index contributed by atoms with van der Waals surface area (Å²) in [6.07, 6.45) is 0. The molecule has 0 aliphatic carbocycles. The molecule has 1 amide bonds. The lowest BCUT2D eigenvalue weighted by atomic mass is 10.1. The van der Waals surface area contributed by atoms with Gasteiger partial charge in [-0.3, -0.25) is 4.79 Å². The van der Waals surface area contributed by atoms with Gasteiger partial charge >= 0.3 is 0 Å². The zero-order valence-electron chi connectivity index (χ0n) is 14.3. The number of amides is 1. The molecule has 2 aromatic carbocycles. The van der Waals surface area contributed by atoms with Crippen LogP contribution >= 0.6 is 23.4 Å². The molecule has 0 unspecified atom stereocenters. The molecule has 0 aliphatic rings. The number of hydrogen-bond donors (Lipinski definition) is 2. The summed E-state index contributed by atoms with van der Waals surface area (Å²) in [6.45, 7) is 4.46. The molecule has 3 nitrogen and oxygen atoms in total. The fourth-order valence-corrected chi connectivity index (χ4v) is 3.80. The van der Waals surface area contributed by atoms with Gasteiger partial charge < -0.3 is 10.3 Å². The van der Waals surface area contributed by atoms with Crippen molar-refractivity contribution in [1.29, 1.82) is 0 Å². The average molecular weight is 373 g/mol. The molecule has 0 fully saturated rings. The lowest BCUT2D eigenvalue weighted by Gasteiger charge is -2.08. The Labute approximate surface area is 157 Å². The maximum absolute atomic E-state index is 11.7. The number of H-pyrrole nitrogens is 1. The van der Waals surface area contributed by atoms with Gasteiger partial charge in [0.25, 0.3) is 0 Å². The molecule has 2 N–H and O–H groups in total. The first-order valence-electron chi connectivity index (χ1n) is 8.33. The van der Waals surface area contributed by atoms with E-state index in [4.69, 9.17) is 11.6 Å². The van der Waals surface area contributed by atoms with Crippen LogP contribution in [0.25, 0.3) is 22.2 Å². The number of hydrogen-bond acceptors (Lipinski definition) is 2. The zero-order chi connectivity index (χ0) is 17.8. The Bertz CT molecular complexity index is 871. The van der Waals surface area contributed by atoms with Crippen molar-refractivity contribution in [3.8, 4) is 11.3 Å². The number of fused-ring (bicyclic) bond motifs is 1. The van der Waals surface area contributed by atoms with Crippen molar-refractivity contribution in [2.75, 3.05) is 12.3 Å². The highest BCUT2D eigenvalue weighted by Crippen LogP contribution is 2.37. The van der Waals surface area contributed by atoms with Crippen molar-refractivity contribution in [3.05, 3.63) is 53.6 Å².